The van der Waals surface area contributed by atoms with Crippen molar-refractivity contribution in [2.24, 2.45) is 0 Å². The van der Waals surface area contributed by atoms with Crippen molar-refractivity contribution in [1.29, 1.82) is 10.8 Å². The molecule has 4 nitrogen and oxygen atoms in total. The fourth-order valence-corrected chi connectivity index (χ4v) is 1.50. The van der Waals surface area contributed by atoms with Gasteiger partial charge in [-0.15, -0.1) is 0 Å². The quantitative estimate of drug-likeness (QED) is 0.417. The third-order valence-electron chi connectivity index (χ3n) is 0.736. The van der Waals surface area contributed by atoms with Crippen LogP contribution in [0.4, 0.5) is 0 Å². The van der Waals surface area contributed by atoms with Gasteiger partial charge in [-0.1, -0.05) is 0 Å². The molecule has 0 aromatic carbocycles. The molecule has 0 aliphatic rings. The van der Waals surface area contributed by atoms with Gasteiger partial charge in [0.05, 0.1) is 0 Å². The van der Waals surface area contributed by atoms with Crippen LogP contribution in [0, 0.1) is 10.8 Å². The van der Waals surface area contributed by atoms with Crippen LogP contribution in [0.5, 0.6) is 0 Å². The first-order valence-electron chi connectivity index (χ1n) is 3.31. The van der Waals surface area contributed by atoms with Crippen LogP contribution in [0.15, 0.2) is 0 Å². The van der Waals surface area contributed by atoms with Gasteiger partial charge < -0.3 is 0 Å². The molecular weight excluding hydrogens is 211 g/mol. The summed E-state index contributed by atoms with van der Waals surface area (Å²) in [6.07, 6.45) is 0. The number of hydrogen-bond acceptors (Lipinski definition) is 4. The second kappa shape index (κ2) is 6.19. The molecule has 11 heavy (non-hydrogen) atoms. The zero-order valence-corrected chi connectivity index (χ0v) is 8.35. The summed E-state index contributed by atoms with van der Waals surface area (Å²) < 4.78 is 9.70. The first-order valence-corrected chi connectivity index (χ1v) is 5.02. The monoisotopic (exact) mass is 224 g/mol. The minimum absolute atomic E-state index is 0.151. The van der Waals surface area contributed by atoms with E-state index in [0.29, 0.717) is 13.2 Å². The van der Waals surface area contributed by atoms with E-state index in [1.165, 1.54) is 0 Å². The molecule has 0 amide bonds. The van der Waals surface area contributed by atoms with Crippen LogP contribution in [0.3, 0.4) is 0 Å². The Labute approximate surface area is 72.4 Å². The molecule has 0 aromatic heterocycles. The number of hydrogen-bond donors (Lipinski definition) is 2. The molecule has 0 rings (SSSR count). The van der Waals surface area contributed by atoms with Gasteiger partial charge in [-0.25, -0.2) is 0 Å². The molecule has 0 spiro atoms. The van der Waals surface area contributed by atoms with Gasteiger partial charge in [0.2, 0.25) is 0 Å². The van der Waals surface area contributed by atoms with Gasteiger partial charge in [0.15, 0.2) is 0 Å². The Hall–Kier alpha value is -0.541. The summed E-state index contributed by atoms with van der Waals surface area (Å²) in [7, 11) is 0. The third-order valence-corrected chi connectivity index (χ3v) is 2.01. The van der Waals surface area contributed by atoms with E-state index >= 15 is 0 Å². The van der Waals surface area contributed by atoms with Crippen molar-refractivity contribution in [3.05, 3.63) is 0 Å². The van der Waals surface area contributed by atoms with E-state index in [2.05, 4.69) is 0 Å². The van der Waals surface area contributed by atoms with Crippen LogP contribution in [-0.2, 0) is 9.47 Å². The zero-order valence-electron chi connectivity index (χ0n) is 6.64. The zero-order chi connectivity index (χ0) is 8.69. The van der Waals surface area contributed by atoms with E-state index < -0.39 is 0 Å². The predicted molar refractivity (Wildman–Crippen MR) is 44.5 cm³/mol. The standard InChI is InChI=1S/C6H12N2O2Se/c1-3-9-5(7)11-6(8)10-4-2/h7-8H,3-4H2,1-2H3. The predicted octanol–water partition coefficient (Wildman–Crippen LogP) is 0.633. The number of nitrogens with one attached hydrogen (secondary N) is 2. The molecule has 0 bridgehead atoms. The number of ether oxygens (including phenoxy) is 2. The molecule has 0 aliphatic carbocycles. The maximum atomic E-state index is 7.18. The molecule has 0 radical (unpaired) electrons. The Bertz CT molecular complexity index is 134. The van der Waals surface area contributed by atoms with Crippen LogP contribution < -0.4 is 0 Å². The second-order valence-corrected chi connectivity index (χ2v) is 3.53. The molecule has 0 aromatic rings. The molecule has 64 valence electrons. The van der Waals surface area contributed by atoms with Crippen molar-refractivity contribution in [3.8, 4) is 0 Å². The molecule has 0 heterocycles. The maximum absolute atomic E-state index is 7.18. The molecule has 2 N–H and O–H groups in total. The average molecular weight is 223 g/mol. The third kappa shape index (κ3) is 5.88. The van der Waals surface area contributed by atoms with Crippen LogP contribution in [0.1, 0.15) is 13.8 Å². The summed E-state index contributed by atoms with van der Waals surface area (Å²) in [6, 6.07) is 0. The van der Waals surface area contributed by atoms with Gasteiger partial charge in [-0.2, -0.15) is 0 Å². The molecular formula is C6H12N2O2Se. The topological polar surface area (TPSA) is 66.2 Å². The summed E-state index contributed by atoms with van der Waals surface area (Å²) in [5.74, 6) is 0. The summed E-state index contributed by atoms with van der Waals surface area (Å²) in [6.45, 7) is 4.60. The Morgan fingerprint density at radius 3 is 1.73 bits per heavy atom. The van der Waals surface area contributed by atoms with Crippen LogP contribution in [-0.4, -0.2) is 37.8 Å². The van der Waals surface area contributed by atoms with Crippen molar-refractivity contribution in [1.82, 2.24) is 0 Å². The van der Waals surface area contributed by atoms with Crippen LogP contribution in [0.25, 0.3) is 0 Å². The summed E-state index contributed by atoms with van der Waals surface area (Å²) in [4.78, 5) is 0.303. The molecule has 0 unspecified atom stereocenters. The molecule has 0 saturated carbocycles. The van der Waals surface area contributed by atoms with Crippen molar-refractivity contribution in [2.75, 3.05) is 13.2 Å². The minimum atomic E-state index is -0.383. The van der Waals surface area contributed by atoms with Crippen molar-refractivity contribution in [2.45, 2.75) is 13.8 Å². The second-order valence-electron chi connectivity index (χ2n) is 1.54. The first-order chi connectivity index (χ1) is 5.20. The summed E-state index contributed by atoms with van der Waals surface area (Å²) >= 11 is -0.383. The summed E-state index contributed by atoms with van der Waals surface area (Å²) in [5, 5.41) is 14.4. The summed E-state index contributed by atoms with van der Waals surface area (Å²) in [5.41, 5.74) is 0. The van der Waals surface area contributed by atoms with Gasteiger partial charge in [0.25, 0.3) is 0 Å². The molecule has 0 saturated heterocycles. The van der Waals surface area contributed by atoms with Gasteiger partial charge in [0, 0.05) is 0 Å². The van der Waals surface area contributed by atoms with E-state index in [0.717, 1.165) is 0 Å². The van der Waals surface area contributed by atoms with Gasteiger partial charge in [-0.05, 0) is 0 Å². The Kier molecular flexibility index (Phi) is 5.88. The Balaban J connectivity index is 3.49. The van der Waals surface area contributed by atoms with Crippen LogP contribution in [0.2, 0.25) is 0 Å². The Morgan fingerprint density at radius 1 is 1.09 bits per heavy atom. The molecule has 5 heteroatoms. The van der Waals surface area contributed by atoms with E-state index in [4.69, 9.17) is 20.3 Å². The molecule has 0 aliphatic heterocycles. The van der Waals surface area contributed by atoms with Gasteiger partial charge in [0.1, 0.15) is 0 Å². The van der Waals surface area contributed by atoms with E-state index in [9.17, 15) is 0 Å². The molecule has 0 atom stereocenters. The SMILES string of the molecule is CCOC(=N)[Se]C(=N)OCC. The fraction of sp³-hybridized carbons (Fsp3) is 0.667. The van der Waals surface area contributed by atoms with Crippen molar-refractivity contribution < 1.29 is 9.47 Å². The van der Waals surface area contributed by atoms with Crippen molar-refractivity contribution >= 4 is 24.5 Å². The van der Waals surface area contributed by atoms with Gasteiger partial charge in [-0.3, -0.25) is 0 Å². The van der Waals surface area contributed by atoms with Gasteiger partial charge >= 0.3 is 71.9 Å². The Morgan fingerprint density at radius 2 is 1.45 bits per heavy atom. The normalized spacial score (nSPS) is 8.91. The van der Waals surface area contributed by atoms with E-state index in [-0.39, 0.29) is 24.5 Å². The van der Waals surface area contributed by atoms with E-state index in [1.54, 1.807) is 0 Å². The average Bonchev–Trinajstić information content (AvgIpc) is 1.87. The number of rotatable bonds is 4. The van der Waals surface area contributed by atoms with Crippen LogP contribution >= 0.6 is 0 Å². The first kappa shape index (κ1) is 10.5. The fourth-order valence-electron chi connectivity index (χ4n) is 0.405. The van der Waals surface area contributed by atoms with Crippen molar-refractivity contribution in [3.63, 3.8) is 0 Å². The van der Waals surface area contributed by atoms with E-state index in [1.807, 2.05) is 13.8 Å². The molecule has 0 fully saturated rings.